The van der Waals surface area contributed by atoms with Gasteiger partial charge in [-0.2, -0.15) is 0 Å². The third-order valence-electron chi connectivity index (χ3n) is 4.11. The number of anilines is 1. The highest BCUT2D eigenvalue weighted by Crippen LogP contribution is 2.23. The molecule has 0 bridgehead atoms. The van der Waals surface area contributed by atoms with E-state index in [0.717, 1.165) is 27.0 Å². The number of amides is 1. The van der Waals surface area contributed by atoms with Crippen LogP contribution in [-0.2, 0) is 14.1 Å². The molecule has 0 aliphatic heterocycles. The van der Waals surface area contributed by atoms with Gasteiger partial charge in [0.2, 0.25) is 0 Å². The van der Waals surface area contributed by atoms with Gasteiger partial charge in [0, 0.05) is 19.8 Å². The fraction of sp³-hybridized carbons (Fsp3) is 0.235. The van der Waals surface area contributed by atoms with E-state index >= 15 is 0 Å². The molecule has 1 aromatic carbocycles. The Bertz CT molecular complexity index is 1090. The molecule has 0 aliphatic rings. The molecule has 0 radical (unpaired) electrons. The molecule has 6 nitrogen and oxygen atoms in total. The van der Waals surface area contributed by atoms with Crippen LogP contribution in [-0.4, -0.2) is 15.0 Å². The normalized spacial score (nSPS) is 11.0. The fourth-order valence-electron chi connectivity index (χ4n) is 2.49. The van der Waals surface area contributed by atoms with Crippen LogP contribution < -0.4 is 16.6 Å². The van der Waals surface area contributed by atoms with Crippen molar-refractivity contribution >= 4 is 33.1 Å². The maximum atomic E-state index is 12.5. The summed E-state index contributed by atoms with van der Waals surface area (Å²) in [6, 6.07) is 7.21. The third kappa shape index (κ3) is 2.56. The SMILES string of the molecule is Cc1ccc(NC(=O)c2cc3c(=O)n(C)c(=O)n(C)c3s2)cc1C. The number of thiophene rings is 1. The van der Waals surface area contributed by atoms with Crippen LogP contribution in [0.2, 0.25) is 0 Å². The minimum atomic E-state index is -0.407. The van der Waals surface area contributed by atoms with Gasteiger partial charge < -0.3 is 5.32 Å². The summed E-state index contributed by atoms with van der Waals surface area (Å²) in [6.07, 6.45) is 0. The molecule has 1 amide bonds. The van der Waals surface area contributed by atoms with E-state index in [1.165, 1.54) is 17.7 Å². The molecular formula is C17H17N3O3S. The van der Waals surface area contributed by atoms with Crippen molar-refractivity contribution in [2.45, 2.75) is 13.8 Å². The zero-order valence-electron chi connectivity index (χ0n) is 13.8. The molecule has 1 N–H and O–H groups in total. The number of hydrogen-bond acceptors (Lipinski definition) is 4. The quantitative estimate of drug-likeness (QED) is 0.775. The average molecular weight is 343 g/mol. The second-order valence-electron chi connectivity index (χ2n) is 5.79. The highest BCUT2D eigenvalue weighted by atomic mass is 32.1. The van der Waals surface area contributed by atoms with Gasteiger partial charge in [0.25, 0.3) is 11.5 Å². The molecule has 2 heterocycles. The number of aromatic nitrogens is 2. The summed E-state index contributed by atoms with van der Waals surface area (Å²) in [5, 5.41) is 3.20. The molecule has 0 saturated carbocycles. The molecule has 0 atom stereocenters. The van der Waals surface area contributed by atoms with Crippen molar-refractivity contribution in [2.24, 2.45) is 14.1 Å². The topological polar surface area (TPSA) is 73.1 Å². The van der Waals surface area contributed by atoms with Crippen LogP contribution in [0.1, 0.15) is 20.8 Å². The molecule has 0 unspecified atom stereocenters. The summed E-state index contributed by atoms with van der Waals surface area (Å²) in [4.78, 5) is 37.5. The Hall–Kier alpha value is -2.67. The molecule has 0 aliphatic carbocycles. The summed E-state index contributed by atoms with van der Waals surface area (Å²) < 4.78 is 2.42. The molecule has 3 rings (SSSR count). The highest BCUT2D eigenvalue weighted by Gasteiger charge is 2.16. The molecule has 24 heavy (non-hydrogen) atoms. The lowest BCUT2D eigenvalue weighted by molar-refractivity contribution is 0.103. The first-order valence-corrected chi connectivity index (χ1v) is 8.19. The maximum absolute atomic E-state index is 12.5. The van der Waals surface area contributed by atoms with Gasteiger partial charge >= 0.3 is 5.69 Å². The van der Waals surface area contributed by atoms with Crippen LogP contribution in [0.15, 0.2) is 33.9 Å². The van der Waals surface area contributed by atoms with Crippen molar-refractivity contribution in [3.8, 4) is 0 Å². The van der Waals surface area contributed by atoms with E-state index in [0.29, 0.717) is 20.8 Å². The smallest absolute Gasteiger partial charge is 0.321 e. The second kappa shape index (κ2) is 5.76. The van der Waals surface area contributed by atoms with Crippen molar-refractivity contribution in [2.75, 3.05) is 5.32 Å². The highest BCUT2D eigenvalue weighted by molar-refractivity contribution is 7.20. The van der Waals surface area contributed by atoms with Crippen molar-refractivity contribution < 1.29 is 4.79 Å². The molecule has 0 fully saturated rings. The largest absolute Gasteiger partial charge is 0.331 e. The minimum Gasteiger partial charge on any atom is -0.321 e. The Labute approximate surface area is 142 Å². The van der Waals surface area contributed by atoms with E-state index in [9.17, 15) is 14.4 Å². The lowest BCUT2D eigenvalue weighted by atomic mass is 10.1. The number of carbonyl (C=O) groups excluding carboxylic acids is 1. The van der Waals surface area contributed by atoms with E-state index in [1.807, 2.05) is 32.0 Å². The summed E-state index contributed by atoms with van der Waals surface area (Å²) in [5.41, 5.74) is 2.13. The number of nitrogens with zero attached hydrogens (tertiary/aromatic N) is 2. The first kappa shape index (κ1) is 16.2. The van der Waals surface area contributed by atoms with E-state index in [1.54, 1.807) is 7.05 Å². The number of fused-ring (bicyclic) bond motifs is 1. The number of hydrogen-bond donors (Lipinski definition) is 1. The van der Waals surface area contributed by atoms with Crippen LogP contribution in [0.4, 0.5) is 5.69 Å². The van der Waals surface area contributed by atoms with Gasteiger partial charge in [-0.05, 0) is 43.2 Å². The Morgan fingerprint density at radius 1 is 1.04 bits per heavy atom. The zero-order chi connectivity index (χ0) is 17.6. The second-order valence-corrected chi connectivity index (χ2v) is 6.82. The van der Waals surface area contributed by atoms with Gasteiger partial charge in [-0.3, -0.25) is 18.7 Å². The molecule has 0 saturated heterocycles. The summed E-state index contributed by atoms with van der Waals surface area (Å²) in [7, 11) is 3.02. The lowest BCUT2D eigenvalue weighted by Gasteiger charge is -2.06. The van der Waals surface area contributed by atoms with Crippen molar-refractivity contribution in [3.63, 3.8) is 0 Å². The predicted molar refractivity (Wildman–Crippen MR) is 96.2 cm³/mol. The Balaban J connectivity index is 2.03. The average Bonchev–Trinajstić information content (AvgIpc) is 3.00. The maximum Gasteiger partial charge on any atom is 0.331 e. The van der Waals surface area contributed by atoms with Crippen molar-refractivity contribution in [1.82, 2.24) is 9.13 Å². The predicted octanol–water partition coefficient (Wildman–Crippen LogP) is 2.17. The zero-order valence-corrected chi connectivity index (χ0v) is 14.7. The summed E-state index contributed by atoms with van der Waals surface area (Å²) >= 11 is 1.13. The Kier molecular flexibility index (Phi) is 3.88. The first-order chi connectivity index (χ1) is 11.3. The van der Waals surface area contributed by atoms with Crippen LogP contribution in [0.5, 0.6) is 0 Å². The Morgan fingerprint density at radius 3 is 2.42 bits per heavy atom. The third-order valence-corrected chi connectivity index (χ3v) is 5.32. The van der Waals surface area contributed by atoms with Crippen LogP contribution in [0, 0.1) is 13.8 Å². The molecule has 0 spiro atoms. The monoisotopic (exact) mass is 343 g/mol. The number of nitrogens with one attached hydrogen (secondary N) is 1. The van der Waals surface area contributed by atoms with Crippen LogP contribution in [0.3, 0.4) is 0 Å². The molecule has 7 heteroatoms. The fourth-order valence-corrected chi connectivity index (χ4v) is 3.49. The summed E-state index contributed by atoms with van der Waals surface area (Å²) in [5.74, 6) is -0.297. The number of rotatable bonds is 2. The van der Waals surface area contributed by atoms with E-state index in [2.05, 4.69) is 5.32 Å². The van der Waals surface area contributed by atoms with Gasteiger partial charge in [-0.25, -0.2) is 4.79 Å². The van der Waals surface area contributed by atoms with Gasteiger partial charge in [-0.1, -0.05) is 6.07 Å². The Morgan fingerprint density at radius 2 is 1.75 bits per heavy atom. The van der Waals surface area contributed by atoms with Gasteiger partial charge in [0.15, 0.2) is 0 Å². The molecule has 2 aromatic heterocycles. The number of aryl methyl sites for hydroxylation is 3. The van der Waals surface area contributed by atoms with Gasteiger partial charge in [0.1, 0.15) is 4.83 Å². The number of carbonyl (C=O) groups is 1. The minimum absolute atomic E-state index is 0.297. The van der Waals surface area contributed by atoms with Crippen LogP contribution in [0.25, 0.3) is 10.2 Å². The van der Waals surface area contributed by atoms with E-state index < -0.39 is 11.2 Å². The first-order valence-electron chi connectivity index (χ1n) is 7.37. The van der Waals surface area contributed by atoms with Gasteiger partial charge in [0.05, 0.1) is 10.3 Å². The van der Waals surface area contributed by atoms with Gasteiger partial charge in [-0.15, -0.1) is 11.3 Å². The summed E-state index contributed by atoms with van der Waals surface area (Å²) in [6.45, 7) is 3.98. The molecule has 124 valence electrons. The molecule has 3 aromatic rings. The van der Waals surface area contributed by atoms with Crippen molar-refractivity contribution in [3.05, 3.63) is 61.1 Å². The lowest BCUT2D eigenvalue weighted by Crippen LogP contribution is -2.36. The van der Waals surface area contributed by atoms with Crippen molar-refractivity contribution in [1.29, 1.82) is 0 Å². The number of benzene rings is 1. The van der Waals surface area contributed by atoms with E-state index in [-0.39, 0.29) is 5.91 Å². The van der Waals surface area contributed by atoms with E-state index in [4.69, 9.17) is 0 Å². The standard InChI is InChI=1S/C17H17N3O3S/c1-9-5-6-11(7-10(9)2)18-14(21)13-8-12-15(22)19(3)17(23)20(4)16(12)24-13/h5-8H,1-4H3,(H,18,21). The molecular weight excluding hydrogens is 326 g/mol. The van der Waals surface area contributed by atoms with Crippen LogP contribution >= 0.6 is 11.3 Å².